The average Bonchev–Trinajstić information content (AvgIpc) is 2.65. The summed E-state index contributed by atoms with van der Waals surface area (Å²) < 4.78 is 32.3. The standard InChI is InChI=1S/C18H20N2O5S/c1-3-11-19-17(21)13-7-6-8-14(12-13)26(23,24)20-16-10-5-4-9-15(16)18(22)25-2/h4-10,12,20H,3,11H2,1-2H3,(H,19,21). The second-order valence-corrected chi connectivity index (χ2v) is 7.11. The normalized spacial score (nSPS) is 10.8. The van der Waals surface area contributed by atoms with Crippen LogP contribution in [0.3, 0.4) is 0 Å². The zero-order valence-electron chi connectivity index (χ0n) is 14.5. The first-order valence-corrected chi connectivity index (χ1v) is 9.45. The highest BCUT2D eigenvalue weighted by Crippen LogP contribution is 2.21. The fourth-order valence-electron chi connectivity index (χ4n) is 2.21. The molecule has 0 spiro atoms. The molecule has 1 amide bonds. The minimum Gasteiger partial charge on any atom is -0.465 e. The maximum atomic E-state index is 12.7. The monoisotopic (exact) mass is 376 g/mol. The highest BCUT2D eigenvalue weighted by atomic mass is 32.2. The maximum absolute atomic E-state index is 12.7. The number of hydrogen-bond acceptors (Lipinski definition) is 5. The molecule has 0 aliphatic heterocycles. The zero-order valence-corrected chi connectivity index (χ0v) is 15.3. The van der Waals surface area contributed by atoms with E-state index in [0.717, 1.165) is 6.42 Å². The Labute approximate surface area is 152 Å². The summed E-state index contributed by atoms with van der Waals surface area (Å²) in [5.41, 5.74) is 0.429. The molecule has 0 heterocycles. The lowest BCUT2D eigenvalue weighted by molar-refractivity contribution is 0.0601. The van der Waals surface area contributed by atoms with Crippen molar-refractivity contribution in [3.63, 3.8) is 0 Å². The maximum Gasteiger partial charge on any atom is 0.339 e. The molecule has 26 heavy (non-hydrogen) atoms. The van der Waals surface area contributed by atoms with Gasteiger partial charge in [0.1, 0.15) is 0 Å². The van der Waals surface area contributed by atoms with Crippen molar-refractivity contribution in [1.82, 2.24) is 5.32 Å². The molecule has 0 bridgehead atoms. The van der Waals surface area contributed by atoms with E-state index in [-0.39, 0.29) is 27.6 Å². The number of carbonyl (C=O) groups excluding carboxylic acids is 2. The van der Waals surface area contributed by atoms with E-state index in [9.17, 15) is 18.0 Å². The third kappa shape index (κ3) is 4.60. The lowest BCUT2D eigenvalue weighted by Gasteiger charge is -2.12. The van der Waals surface area contributed by atoms with Crippen LogP contribution in [-0.2, 0) is 14.8 Å². The molecule has 2 N–H and O–H groups in total. The van der Waals surface area contributed by atoms with Crippen molar-refractivity contribution < 1.29 is 22.7 Å². The van der Waals surface area contributed by atoms with Crippen LogP contribution in [0.5, 0.6) is 0 Å². The van der Waals surface area contributed by atoms with Gasteiger partial charge in [-0.25, -0.2) is 13.2 Å². The Kier molecular flexibility index (Phi) is 6.35. The van der Waals surface area contributed by atoms with Gasteiger partial charge in [0.15, 0.2) is 0 Å². The first-order chi connectivity index (χ1) is 12.4. The van der Waals surface area contributed by atoms with Crippen molar-refractivity contribution >= 4 is 27.6 Å². The number of amides is 1. The van der Waals surface area contributed by atoms with Gasteiger partial charge in [0, 0.05) is 12.1 Å². The van der Waals surface area contributed by atoms with Crippen molar-refractivity contribution in [3.8, 4) is 0 Å². The van der Waals surface area contributed by atoms with E-state index in [1.54, 1.807) is 12.1 Å². The molecule has 7 nitrogen and oxygen atoms in total. The molecule has 138 valence electrons. The molecule has 0 aliphatic rings. The van der Waals surface area contributed by atoms with Gasteiger partial charge in [0.05, 0.1) is 23.3 Å². The molecule has 0 aromatic heterocycles. The summed E-state index contributed by atoms with van der Waals surface area (Å²) in [5.74, 6) is -1.00. The number of anilines is 1. The number of nitrogens with one attached hydrogen (secondary N) is 2. The number of rotatable bonds is 7. The number of benzene rings is 2. The lowest BCUT2D eigenvalue weighted by Crippen LogP contribution is -2.24. The van der Waals surface area contributed by atoms with Crippen LogP contribution in [0.25, 0.3) is 0 Å². The molecule has 8 heteroatoms. The van der Waals surface area contributed by atoms with Crippen LogP contribution in [0.1, 0.15) is 34.1 Å². The molecule has 0 saturated carbocycles. The van der Waals surface area contributed by atoms with Crippen molar-refractivity contribution in [2.45, 2.75) is 18.2 Å². The Morgan fingerprint density at radius 2 is 1.81 bits per heavy atom. The second kappa shape index (κ2) is 8.48. The van der Waals surface area contributed by atoms with Crippen LogP contribution in [0.15, 0.2) is 53.4 Å². The SMILES string of the molecule is CCCNC(=O)c1cccc(S(=O)(=O)Nc2ccccc2C(=O)OC)c1. The summed E-state index contributed by atoms with van der Waals surface area (Å²) in [4.78, 5) is 23.7. The number of esters is 1. The number of hydrogen-bond donors (Lipinski definition) is 2. The van der Waals surface area contributed by atoms with E-state index in [1.807, 2.05) is 6.92 Å². The van der Waals surface area contributed by atoms with Crippen molar-refractivity contribution in [1.29, 1.82) is 0 Å². The largest absolute Gasteiger partial charge is 0.465 e. The van der Waals surface area contributed by atoms with Gasteiger partial charge in [0.2, 0.25) is 0 Å². The number of carbonyl (C=O) groups is 2. The number of para-hydroxylation sites is 1. The van der Waals surface area contributed by atoms with E-state index in [4.69, 9.17) is 0 Å². The number of sulfonamides is 1. The molecular weight excluding hydrogens is 356 g/mol. The zero-order chi connectivity index (χ0) is 19.2. The Bertz CT molecular complexity index is 909. The predicted molar refractivity (Wildman–Crippen MR) is 97.7 cm³/mol. The first-order valence-electron chi connectivity index (χ1n) is 7.97. The van der Waals surface area contributed by atoms with Crippen LogP contribution in [0, 0.1) is 0 Å². The fraction of sp³-hybridized carbons (Fsp3) is 0.222. The third-order valence-corrected chi connectivity index (χ3v) is 4.88. The van der Waals surface area contributed by atoms with Gasteiger partial charge >= 0.3 is 5.97 Å². The van der Waals surface area contributed by atoms with Gasteiger partial charge in [-0.2, -0.15) is 0 Å². The van der Waals surface area contributed by atoms with Crippen molar-refractivity contribution in [2.24, 2.45) is 0 Å². The van der Waals surface area contributed by atoms with Crippen LogP contribution in [0.4, 0.5) is 5.69 Å². The first kappa shape index (κ1) is 19.5. The van der Waals surface area contributed by atoms with Crippen LogP contribution in [0.2, 0.25) is 0 Å². The Morgan fingerprint density at radius 3 is 2.50 bits per heavy atom. The summed E-state index contributed by atoms with van der Waals surface area (Å²) in [5, 5.41) is 2.69. The topological polar surface area (TPSA) is 102 Å². The van der Waals surface area contributed by atoms with E-state index in [0.29, 0.717) is 6.54 Å². The fourth-order valence-corrected chi connectivity index (χ4v) is 3.33. The van der Waals surface area contributed by atoms with Gasteiger partial charge in [0.25, 0.3) is 15.9 Å². The third-order valence-electron chi connectivity index (χ3n) is 3.52. The van der Waals surface area contributed by atoms with Crippen molar-refractivity contribution in [2.75, 3.05) is 18.4 Å². The molecule has 2 rings (SSSR count). The Hall–Kier alpha value is -2.87. The number of methoxy groups -OCH3 is 1. The Morgan fingerprint density at radius 1 is 1.08 bits per heavy atom. The van der Waals surface area contributed by atoms with Crippen LogP contribution < -0.4 is 10.0 Å². The van der Waals surface area contributed by atoms with Gasteiger partial charge in [-0.3, -0.25) is 9.52 Å². The van der Waals surface area contributed by atoms with E-state index >= 15 is 0 Å². The molecule has 2 aromatic rings. The van der Waals surface area contributed by atoms with E-state index in [2.05, 4.69) is 14.8 Å². The average molecular weight is 376 g/mol. The van der Waals surface area contributed by atoms with E-state index < -0.39 is 16.0 Å². The molecule has 2 aromatic carbocycles. The molecule has 0 atom stereocenters. The minimum atomic E-state index is -3.99. The highest BCUT2D eigenvalue weighted by Gasteiger charge is 2.20. The summed E-state index contributed by atoms with van der Waals surface area (Å²) in [7, 11) is -2.78. The highest BCUT2D eigenvalue weighted by molar-refractivity contribution is 7.92. The lowest BCUT2D eigenvalue weighted by atomic mass is 10.2. The van der Waals surface area contributed by atoms with E-state index in [1.165, 1.54) is 43.5 Å². The summed E-state index contributed by atoms with van der Waals surface area (Å²) in [6.07, 6.45) is 0.773. The molecule has 0 radical (unpaired) electrons. The molecule has 0 saturated heterocycles. The summed E-state index contributed by atoms with van der Waals surface area (Å²) >= 11 is 0. The van der Waals surface area contributed by atoms with Gasteiger partial charge in [-0.1, -0.05) is 25.1 Å². The number of ether oxygens (including phenoxy) is 1. The molecule has 0 aliphatic carbocycles. The van der Waals surface area contributed by atoms with Crippen LogP contribution in [-0.4, -0.2) is 33.9 Å². The van der Waals surface area contributed by atoms with Gasteiger partial charge < -0.3 is 10.1 Å². The molecule has 0 fully saturated rings. The second-order valence-electron chi connectivity index (χ2n) is 5.43. The minimum absolute atomic E-state index is 0.0821. The summed E-state index contributed by atoms with van der Waals surface area (Å²) in [6, 6.07) is 11.8. The summed E-state index contributed by atoms with van der Waals surface area (Å²) in [6.45, 7) is 2.42. The quantitative estimate of drug-likeness (QED) is 0.723. The van der Waals surface area contributed by atoms with Crippen LogP contribution >= 0.6 is 0 Å². The smallest absolute Gasteiger partial charge is 0.339 e. The van der Waals surface area contributed by atoms with Crippen molar-refractivity contribution in [3.05, 3.63) is 59.7 Å². The predicted octanol–water partition coefficient (Wildman–Crippen LogP) is 2.41. The Balaban J connectivity index is 2.32. The van der Waals surface area contributed by atoms with Gasteiger partial charge in [-0.05, 0) is 36.8 Å². The molecular formula is C18H20N2O5S. The van der Waals surface area contributed by atoms with Gasteiger partial charge in [-0.15, -0.1) is 0 Å². The molecule has 0 unspecified atom stereocenters.